The number of aromatic nitrogens is 1. The van der Waals surface area contributed by atoms with Gasteiger partial charge in [-0.2, -0.15) is 0 Å². The van der Waals surface area contributed by atoms with Crippen LogP contribution in [0.25, 0.3) is 66.0 Å². The van der Waals surface area contributed by atoms with Crippen LogP contribution >= 0.6 is 0 Å². The number of fused-ring (bicyclic) bond motifs is 7. The van der Waals surface area contributed by atoms with Gasteiger partial charge in [-0.15, -0.1) is 0 Å². The Hall–Kier alpha value is -7.63. The van der Waals surface area contributed by atoms with Gasteiger partial charge < -0.3 is 18.6 Å². The minimum atomic E-state index is 0.563. The average molecular weight is 720 g/mol. The van der Waals surface area contributed by atoms with E-state index in [0.29, 0.717) is 11.5 Å². The molecule has 2 heterocycles. The summed E-state index contributed by atoms with van der Waals surface area (Å²) in [6.45, 7) is 0. The summed E-state index contributed by atoms with van der Waals surface area (Å²) in [7, 11) is 0. The molecule has 0 radical (unpaired) electrons. The second-order valence-electron chi connectivity index (χ2n) is 14.0. The summed E-state index contributed by atoms with van der Waals surface area (Å²) in [5.74, 6) is 0.563. The monoisotopic (exact) mass is 719 g/mol. The van der Waals surface area contributed by atoms with Crippen molar-refractivity contribution in [3.63, 3.8) is 0 Å². The SMILES string of the molecule is c1ccc(-c2nc3c(N(c4ccccc4)c4ccc5ccccc5c4)cc4cccc(N(c5ccccc5)c5ccc6oc7ccccc7c6c5)c4c3o2)cc1. The van der Waals surface area contributed by atoms with Crippen LogP contribution in [-0.4, -0.2) is 4.98 Å². The summed E-state index contributed by atoms with van der Waals surface area (Å²) < 4.78 is 13.3. The van der Waals surface area contributed by atoms with Crippen LogP contribution in [0.4, 0.5) is 34.1 Å². The Morgan fingerprint density at radius 1 is 0.375 bits per heavy atom. The van der Waals surface area contributed by atoms with Crippen molar-refractivity contribution in [3.8, 4) is 11.5 Å². The molecule has 0 atom stereocenters. The van der Waals surface area contributed by atoms with E-state index in [1.807, 2.05) is 42.5 Å². The van der Waals surface area contributed by atoms with Gasteiger partial charge in [0.25, 0.3) is 0 Å². The first kappa shape index (κ1) is 31.9. The number of furan rings is 1. The van der Waals surface area contributed by atoms with Crippen molar-refractivity contribution in [2.75, 3.05) is 9.80 Å². The molecule has 0 saturated carbocycles. The summed E-state index contributed by atoms with van der Waals surface area (Å²) in [4.78, 5) is 9.95. The highest BCUT2D eigenvalue weighted by Crippen LogP contribution is 2.48. The van der Waals surface area contributed by atoms with E-state index in [-0.39, 0.29) is 0 Å². The quantitative estimate of drug-likeness (QED) is 0.164. The van der Waals surface area contributed by atoms with Gasteiger partial charge in [0.05, 0.1) is 16.8 Å². The van der Waals surface area contributed by atoms with Crippen LogP contribution in [0.5, 0.6) is 0 Å². The average Bonchev–Trinajstić information content (AvgIpc) is 3.88. The van der Waals surface area contributed by atoms with Gasteiger partial charge in [0, 0.05) is 39.1 Å². The topological polar surface area (TPSA) is 45.7 Å². The summed E-state index contributed by atoms with van der Waals surface area (Å²) in [5.41, 5.74) is 10.1. The molecule has 0 aliphatic carbocycles. The molecule has 0 saturated heterocycles. The molecule has 5 nitrogen and oxygen atoms in total. The van der Waals surface area contributed by atoms with E-state index < -0.39 is 0 Å². The van der Waals surface area contributed by atoms with Gasteiger partial charge in [-0.05, 0) is 101 Å². The fourth-order valence-corrected chi connectivity index (χ4v) is 8.04. The maximum absolute atomic E-state index is 7.00. The molecule has 0 spiro atoms. The standard InChI is InChI=1S/C51H33N3O2/c1-4-16-35(17-5-1)51-52-49-45(54(39-22-8-3-9-23-39)40-28-27-34-15-10-11-18-36(34)31-40)32-37-19-14-25-44(48(37)50(49)56-51)53(38-20-6-2-7-21-38)41-29-30-47-43(33-41)42-24-12-13-26-46(42)55-47/h1-33H. The minimum absolute atomic E-state index is 0.563. The predicted octanol–water partition coefficient (Wildman–Crippen LogP) is 14.6. The van der Waals surface area contributed by atoms with E-state index in [0.717, 1.165) is 83.3 Å². The molecule has 0 N–H and O–H groups in total. The zero-order valence-corrected chi connectivity index (χ0v) is 30.2. The first-order valence-corrected chi connectivity index (χ1v) is 18.8. The lowest BCUT2D eigenvalue weighted by Crippen LogP contribution is -2.12. The van der Waals surface area contributed by atoms with Crippen molar-refractivity contribution < 1.29 is 8.83 Å². The molecule has 2 aromatic heterocycles. The van der Waals surface area contributed by atoms with Crippen molar-refractivity contribution in [2.45, 2.75) is 0 Å². The molecule has 0 bridgehead atoms. The lowest BCUT2D eigenvalue weighted by Gasteiger charge is -2.28. The third-order valence-electron chi connectivity index (χ3n) is 10.6. The Morgan fingerprint density at radius 3 is 1.77 bits per heavy atom. The molecule has 0 aliphatic heterocycles. The van der Waals surface area contributed by atoms with Crippen LogP contribution in [0.3, 0.4) is 0 Å². The number of anilines is 6. The van der Waals surface area contributed by atoms with Gasteiger partial charge in [0.1, 0.15) is 16.7 Å². The molecule has 264 valence electrons. The lowest BCUT2D eigenvalue weighted by molar-refractivity contribution is 0.623. The van der Waals surface area contributed by atoms with Gasteiger partial charge in [-0.3, -0.25) is 0 Å². The Bertz CT molecular complexity index is 3210. The predicted molar refractivity (Wildman–Crippen MR) is 231 cm³/mol. The first-order valence-electron chi connectivity index (χ1n) is 18.8. The number of benzene rings is 9. The van der Waals surface area contributed by atoms with Crippen molar-refractivity contribution >= 4 is 88.7 Å². The highest BCUT2D eigenvalue weighted by atomic mass is 16.3. The number of hydrogen-bond acceptors (Lipinski definition) is 5. The van der Waals surface area contributed by atoms with Gasteiger partial charge in [0.15, 0.2) is 5.58 Å². The van der Waals surface area contributed by atoms with E-state index >= 15 is 0 Å². The molecule has 56 heavy (non-hydrogen) atoms. The summed E-state index contributed by atoms with van der Waals surface area (Å²) in [5, 5.41) is 6.49. The highest BCUT2D eigenvalue weighted by Gasteiger charge is 2.26. The molecule has 9 aromatic carbocycles. The minimum Gasteiger partial charge on any atom is -0.456 e. The van der Waals surface area contributed by atoms with Crippen molar-refractivity contribution in [3.05, 3.63) is 200 Å². The molecule has 0 unspecified atom stereocenters. The maximum Gasteiger partial charge on any atom is 0.227 e. The lowest BCUT2D eigenvalue weighted by atomic mass is 10.0. The summed E-state index contributed by atoms with van der Waals surface area (Å²) in [6, 6.07) is 69.6. The van der Waals surface area contributed by atoms with Crippen LogP contribution in [0.1, 0.15) is 0 Å². The van der Waals surface area contributed by atoms with Gasteiger partial charge in [-0.1, -0.05) is 115 Å². The van der Waals surface area contributed by atoms with E-state index in [1.165, 1.54) is 5.39 Å². The number of para-hydroxylation sites is 3. The van der Waals surface area contributed by atoms with E-state index in [9.17, 15) is 0 Å². The second-order valence-corrected chi connectivity index (χ2v) is 14.0. The van der Waals surface area contributed by atoms with Crippen molar-refractivity contribution in [1.82, 2.24) is 4.98 Å². The smallest absolute Gasteiger partial charge is 0.227 e. The van der Waals surface area contributed by atoms with E-state index in [2.05, 4.69) is 168 Å². The molecule has 5 heteroatoms. The fraction of sp³-hybridized carbons (Fsp3) is 0. The second kappa shape index (κ2) is 13.0. The van der Waals surface area contributed by atoms with Gasteiger partial charge in [-0.25, -0.2) is 4.98 Å². The van der Waals surface area contributed by atoms with Crippen molar-refractivity contribution in [1.29, 1.82) is 0 Å². The van der Waals surface area contributed by atoms with Gasteiger partial charge in [0.2, 0.25) is 5.89 Å². The molecule has 11 rings (SSSR count). The molecule has 11 aromatic rings. The van der Waals surface area contributed by atoms with Crippen LogP contribution in [0, 0.1) is 0 Å². The molecule has 0 amide bonds. The number of nitrogens with zero attached hydrogens (tertiary/aromatic N) is 3. The Morgan fingerprint density at radius 2 is 0.982 bits per heavy atom. The Labute approximate surface area is 322 Å². The molecule has 0 aliphatic rings. The molecular weight excluding hydrogens is 687 g/mol. The van der Waals surface area contributed by atoms with Crippen LogP contribution < -0.4 is 9.80 Å². The zero-order chi connectivity index (χ0) is 37.0. The van der Waals surface area contributed by atoms with Crippen LogP contribution in [-0.2, 0) is 0 Å². The first-order chi connectivity index (χ1) is 27.8. The van der Waals surface area contributed by atoms with Crippen molar-refractivity contribution in [2.24, 2.45) is 0 Å². The zero-order valence-electron chi connectivity index (χ0n) is 30.2. The molecular formula is C51H33N3O2. The maximum atomic E-state index is 7.00. The number of oxazole rings is 1. The van der Waals surface area contributed by atoms with E-state index in [4.69, 9.17) is 13.8 Å². The Kier molecular flexibility index (Phi) is 7.42. The highest BCUT2D eigenvalue weighted by molar-refractivity contribution is 6.17. The largest absolute Gasteiger partial charge is 0.456 e. The summed E-state index contributed by atoms with van der Waals surface area (Å²) >= 11 is 0. The molecule has 0 fully saturated rings. The third kappa shape index (κ3) is 5.29. The number of rotatable bonds is 7. The van der Waals surface area contributed by atoms with Gasteiger partial charge >= 0.3 is 0 Å². The van der Waals surface area contributed by atoms with Crippen LogP contribution in [0.2, 0.25) is 0 Å². The summed E-state index contributed by atoms with van der Waals surface area (Å²) in [6.07, 6.45) is 0. The van der Waals surface area contributed by atoms with Crippen LogP contribution in [0.15, 0.2) is 209 Å². The Balaban J connectivity index is 1.21. The third-order valence-corrected chi connectivity index (χ3v) is 10.6. The fourth-order valence-electron chi connectivity index (χ4n) is 8.04. The van der Waals surface area contributed by atoms with E-state index in [1.54, 1.807) is 0 Å². The normalized spacial score (nSPS) is 11.6. The number of hydrogen-bond donors (Lipinski definition) is 0.